The molecule has 1 aromatic rings. The lowest BCUT2D eigenvalue weighted by Crippen LogP contribution is -2.53. The van der Waals surface area contributed by atoms with Crippen LogP contribution in [0.15, 0.2) is 24.3 Å². The van der Waals surface area contributed by atoms with Gasteiger partial charge in [-0.1, -0.05) is 50.8 Å². The molecule has 9 heteroatoms. The molecule has 0 aliphatic rings. The number of hydrogen-bond donors (Lipinski definition) is 3. The minimum Gasteiger partial charge on any atom is -0.444 e. The van der Waals surface area contributed by atoms with Crippen molar-refractivity contribution < 1.29 is 23.9 Å². The summed E-state index contributed by atoms with van der Waals surface area (Å²) >= 11 is 0. The second kappa shape index (κ2) is 15.5. The van der Waals surface area contributed by atoms with Crippen LogP contribution in [0.4, 0.5) is 4.79 Å². The van der Waals surface area contributed by atoms with Crippen LogP contribution in [0.5, 0.6) is 0 Å². The Morgan fingerprint density at radius 3 is 2.35 bits per heavy atom. The summed E-state index contributed by atoms with van der Waals surface area (Å²) < 4.78 is 5.33. The molecule has 2 unspecified atom stereocenters. The number of ether oxygens (including phenoxy) is 1. The molecule has 0 fully saturated rings. The van der Waals surface area contributed by atoms with Crippen molar-refractivity contribution in [1.82, 2.24) is 15.5 Å². The van der Waals surface area contributed by atoms with Crippen LogP contribution in [-0.4, -0.2) is 53.4 Å². The van der Waals surface area contributed by atoms with E-state index >= 15 is 0 Å². The fraction of sp³-hybridized carbons (Fsp3) is 0.571. The monoisotopic (exact) mass is 514 g/mol. The lowest BCUT2D eigenvalue weighted by molar-refractivity contribution is -0.142. The highest BCUT2D eigenvalue weighted by Crippen LogP contribution is 2.26. The number of nitrogens with zero attached hydrogens (tertiary/aromatic N) is 1. The van der Waals surface area contributed by atoms with Crippen molar-refractivity contribution in [3.8, 4) is 12.3 Å². The molecule has 0 saturated heterocycles. The number of terminal acetylenes is 1. The Hall–Kier alpha value is -3.54. The fourth-order valence-corrected chi connectivity index (χ4v) is 3.80. The Morgan fingerprint density at radius 2 is 1.78 bits per heavy atom. The predicted octanol–water partition coefficient (Wildman–Crippen LogP) is 3.41. The van der Waals surface area contributed by atoms with Crippen LogP contribution in [0.3, 0.4) is 0 Å². The van der Waals surface area contributed by atoms with Gasteiger partial charge in [0.05, 0.1) is 0 Å². The number of nitrogens with one attached hydrogen (secondary N) is 2. The number of nitrogens with two attached hydrogens (primary N) is 1. The van der Waals surface area contributed by atoms with E-state index in [4.69, 9.17) is 16.9 Å². The Kier molecular flexibility index (Phi) is 13.2. The van der Waals surface area contributed by atoms with E-state index in [9.17, 15) is 19.2 Å². The number of benzene rings is 1. The molecule has 4 N–H and O–H groups in total. The van der Waals surface area contributed by atoms with Gasteiger partial charge in [-0.25, -0.2) is 4.79 Å². The van der Waals surface area contributed by atoms with Crippen LogP contribution >= 0.6 is 0 Å². The van der Waals surface area contributed by atoms with Gasteiger partial charge in [-0.05, 0) is 51.7 Å². The average Bonchev–Trinajstić information content (AvgIpc) is 2.82. The summed E-state index contributed by atoms with van der Waals surface area (Å²) in [6, 6.07) is 4.79. The van der Waals surface area contributed by atoms with Crippen LogP contribution in [0, 0.1) is 12.3 Å². The van der Waals surface area contributed by atoms with Crippen LogP contribution < -0.4 is 16.4 Å². The van der Waals surface area contributed by atoms with Gasteiger partial charge in [-0.15, -0.1) is 6.42 Å². The molecule has 0 aromatic heterocycles. The Morgan fingerprint density at radius 1 is 1.11 bits per heavy atom. The second-order valence-corrected chi connectivity index (χ2v) is 9.87. The van der Waals surface area contributed by atoms with E-state index in [0.29, 0.717) is 24.1 Å². The second-order valence-electron chi connectivity index (χ2n) is 9.87. The highest BCUT2D eigenvalue weighted by molar-refractivity contribution is 5.92. The zero-order valence-electron chi connectivity index (χ0n) is 22.8. The third-order valence-electron chi connectivity index (χ3n) is 5.47. The number of amides is 4. The van der Waals surface area contributed by atoms with Crippen LogP contribution in [0.25, 0.3) is 0 Å². The molecule has 204 valence electrons. The van der Waals surface area contributed by atoms with E-state index in [-0.39, 0.29) is 25.3 Å². The zero-order chi connectivity index (χ0) is 28.0. The largest absolute Gasteiger partial charge is 0.444 e. The van der Waals surface area contributed by atoms with Crippen LogP contribution in [0.1, 0.15) is 90.3 Å². The van der Waals surface area contributed by atoms with Gasteiger partial charge in [0.15, 0.2) is 0 Å². The van der Waals surface area contributed by atoms with Gasteiger partial charge in [0.25, 0.3) is 0 Å². The van der Waals surface area contributed by atoms with Crippen molar-refractivity contribution in [2.45, 2.75) is 90.8 Å². The summed E-state index contributed by atoms with van der Waals surface area (Å²) in [5.74, 6) is 1.08. The quantitative estimate of drug-likeness (QED) is 0.259. The number of carbonyl (C=O) groups is 4. The fourth-order valence-electron chi connectivity index (χ4n) is 3.80. The van der Waals surface area contributed by atoms with Gasteiger partial charge in [0.1, 0.15) is 17.7 Å². The van der Waals surface area contributed by atoms with Crippen molar-refractivity contribution in [3.63, 3.8) is 0 Å². The summed E-state index contributed by atoms with van der Waals surface area (Å²) in [6.45, 7) is 9.72. The van der Waals surface area contributed by atoms with E-state index in [2.05, 4.69) is 23.5 Å². The average molecular weight is 515 g/mol. The smallest absolute Gasteiger partial charge is 0.408 e. The Labute approximate surface area is 220 Å². The molecule has 0 radical (unpaired) electrons. The summed E-state index contributed by atoms with van der Waals surface area (Å²) in [5, 5.41) is 5.50. The van der Waals surface area contributed by atoms with E-state index in [1.54, 1.807) is 45.0 Å². The zero-order valence-corrected chi connectivity index (χ0v) is 22.8. The predicted molar refractivity (Wildman–Crippen MR) is 143 cm³/mol. The minimum atomic E-state index is -1.14. The van der Waals surface area contributed by atoms with Crippen molar-refractivity contribution in [3.05, 3.63) is 35.4 Å². The van der Waals surface area contributed by atoms with Gasteiger partial charge in [0, 0.05) is 25.1 Å². The highest BCUT2D eigenvalue weighted by Gasteiger charge is 2.36. The maximum absolute atomic E-state index is 13.9. The van der Waals surface area contributed by atoms with Crippen molar-refractivity contribution in [1.29, 1.82) is 0 Å². The Bertz CT molecular complexity index is 964. The van der Waals surface area contributed by atoms with Gasteiger partial charge in [-0.2, -0.15) is 0 Å². The first kappa shape index (κ1) is 31.5. The molecule has 37 heavy (non-hydrogen) atoms. The standard InChI is InChI=1S/C28H42N4O5/c1-7-10-13-18-30-25(34)24(21-15-12-11-14-20(21)9-3)32(19-8-2)26(35)22(16-17-23(29)33)31-27(36)37-28(4,5)6/h3,11-12,14-15,22,24H,7-8,10,13,16-19H2,1-2,4-6H3,(H2,29,33)(H,30,34)(H,31,36). The molecule has 4 amide bonds. The SMILES string of the molecule is C#Cc1ccccc1C(C(=O)NCCCCC)N(CCC)C(=O)C(CCC(N)=O)NC(=O)OC(C)(C)C. The molecule has 2 atom stereocenters. The number of hydrogen-bond acceptors (Lipinski definition) is 5. The van der Waals surface area contributed by atoms with E-state index in [1.165, 1.54) is 4.90 Å². The van der Waals surface area contributed by atoms with Crippen LogP contribution in [0.2, 0.25) is 0 Å². The maximum atomic E-state index is 13.9. The lowest BCUT2D eigenvalue weighted by Gasteiger charge is -2.34. The number of primary amides is 1. The summed E-state index contributed by atoms with van der Waals surface area (Å²) in [5.41, 5.74) is 5.53. The summed E-state index contributed by atoms with van der Waals surface area (Å²) in [4.78, 5) is 52.9. The minimum absolute atomic E-state index is 0.0464. The van der Waals surface area contributed by atoms with Crippen molar-refractivity contribution >= 4 is 23.8 Å². The number of carbonyl (C=O) groups excluding carboxylic acids is 4. The molecule has 9 nitrogen and oxygen atoms in total. The van der Waals surface area contributed by atoms with Gasteiger partial charge in [0.2, 0.25) is 17.7 Å². The van der Waals surface area contributed by atoms with Gasteiger partial charge in [-0.3, -0.25) is 14.4 Å². The maximum Gasteiger partial charge on any atom is 0.408 e. The van der Waals surface area contributed by atoms with E-state index in [1.807, 2.05) is 6.92 Å². The normalized spacial score (nSPS) is 12.5. The highest BCUT2D eigenvalue weighted by atomic mass is 16.6. The molecule has 0 spiro atoms. The molecular weight excluding hydrogens is 472 g/mol. The third-order valence-corrected chi connectivity index (χ3v) is 5.47. The molecule has 0 aliphatic carbocycles. The molecule has 0 aliphatic heterocycles. The van der Waals surface area contributed by atoms with Gasteiger partial charge < -0.3 is 26.0 Å². The lowest BCUT2D eigenvalue weighted by atomic mass is 9.96. The number of alkyl carbamates (subject to hydrolysis) is 1. The van der Waals surface area contributed by atoms with E-state index in [0.717, 1.165) is 19.3 Å². The first-order chi connectivity index (χ1) is 17.4. The molecule has 1 rings (SSSR count). The van der Waals surface area contributed by atoms with E-state index < -0.39 is 35.6 Å². The van der Waals surface area contributed by atoms with Crippen LogP contribution in [-0.2, 0) is 19.1 Å². The van der Waals surface area contributed by atoms with Crippen molar-refractivity contribution in [2.24, 2.45) is 5.73 Å². The topological polar surface area (TPSA) is 131 Å². The molecular formula is C28H42N4O5. The Balaban J connectivity index is 3.45. The van der Waals surface area contributed by atoms with Crippen molar-refractivity contribution in [2.75, 3.05) is 13.1 Å². The first-order valence-electron chi connectivity index (χ1n) is 12.9. The third kappa shape index (κ3) is 10.9. The summed E-state index contributed by atoms with van der Waals surface area (Å²) in [7, 11) is 0. The van der Waals surface area contributed by atoms with Gasteiger partial charge >= 0.3 is 6.09 Å². The number of rotatable bonds is 14. The number of unbranched alkanes of at least 4 members (excludes halogenated alkanes) is 2. The molecule has 0 saturated carbocycles. The summed E-state index contributed by atoms with van der Waals surface area (Å²) in [6.07, 6.45) is 8.04. The first-order valence-corrected chi connectivity index (χ1v) is 12.9. The molecule has 0 bridgehead atoms. The molecule has 0 heterocycles. The molecule has 1 aromatic carbocycles.